The van der Waals surface area contributed by atoms with Crippen molar-refractivity contribution in [2.75, 3.05) is 6.61 Å². The van der Waals surface area contributed by atoms with Crippen LogP contribution in [-0.4, -0.2) is 21.5 Å². The van der Waals surface area contributed by atoms with Crippen molar-refractivity contribution < 1.29 is 9.84 Å². The van der Waals surface area contributed by atoms with E-state index in [0.717, 1.165) is 48.3 Å². The average molecular weight is 341 g/mol. The SMILES string of the molecule is CCc1cc(-c2ccnn2C)c(O)cc1OCCCCC(C)(C)C#N. The third-order valence-corrected chi connectivity index (χ3v) is 4.41. The molecule has 134 valence electrons. The van der Waals surface area contributed by atoms with Crippen molar-refractivity contribution in [3.63, 3.8) is 0 Å². The van der Waals surface area contributed by atoms with Gasteiger partial charge in [-0.15, -0.1) is 0 Å². The number of nitriles is 1. The first-order chi connectivity index (χ1) is 11.9. The second-order valence-electron chi connectivity index (χ2n) is 6.97. The maximum absolute atomic E-state index is 10.4. The summed E-state index contributed by atoms with van der Waals surface area (Å²) in [4.78, 5) is 0. The number of unbranched alkanes of at least 4 members (excludes halogenated alkanes) is 1. The van der Waals surface area contributed by atoms with Gasteiger partial charge in [0.25, 0.3) is 0 Å². The highest BCUT2D eigenvalue weighted by Crippen LogP contribution is 2.35. The molecule has 1 aromatic carbocycles. The Hall–Kier alpha value is -2.48. The van der Waals surface area contributed by atoms with Gasteiger partial charge in [-0.05, 0) is 57.2 Å². The number of nitrogens with zero attached hydrogens (tertiary/aromatic N) is 3. The number of hydrogen-bond acceptors (Lipinski definition) is 4. The number of phenols is 1. The van der Waals surface area contributed by atoms with Gasteiger partial charge in [0, 0.05) is 24.9 Å². The normalized spacial score (nSPS) is 11.3. The number of rotatable bonds is 8. The van der Waals surface area contributed by atoms with E-state index in [1.807, 2.05) is 33.0 Å². The first-order valence-electron chi connectivity index (χ1n) is 8.76. The van der Waals surface area contributed by atoms with E-state index in [1.54, 1.807) is 16.9 Å². The van der Waals surface area contributed by atoms with Crippen LogP contribution in [0.15, 0.2) is 24.4 Å². The quantitative estimate of drug-likeness (QED) is 0.720. The van der Waals surface area contributed by atoms with Crippen LogP contribution in [0.5, 0.6) is 11.5 Å². The average Bonchev–Trinajstić information content (AvgIpc) is 3.00. The first kappa shape index (κ1) is 18.9. The first-order valence-corrected chi connectivity index (χ1v) is 8.76. The summed E-state index contributed by atoms with van der Waals surface area (Å²) >= 11 is 0. The molecule has 0 atom stereocenters. The summed E-state index contributed by atoms with van der Waals surface area (Å²) in [6.45, 7) is 6.57. The van der Waals surface area contributed by atoms with Crippen molar-refractivity contribution in [2.45, 2.75) is 46.5 Å². The zero-order chi connectivity index (χ0) is 18.4. The Bertz CT molecular complexity index is 757. The molecule has 0 aliphatic rings. The minimum Gasteiger partial charge on any atom is -0.507 e. The van der Waals surface area contributed by atoms with E-state index in [1.165, 1.54) is 0 Å². The predicted octanol–water partition coefficient (Wildman–Crippen LogP) is 4.45. The molecule has 0 amide bonds. The van der Waals surface area contributed by atoms with Crippen molar-refractivity contribution in [3.8, 4) is 28.8 Å². The van der Waals surface area contributed by atoms with Crippen LogP contribution in [0, 0.1) is 16.7 Å². The Balaban J connectivity index is 2.03. The smallest absolute Gasteiger partial charge is 0.128 e. The molecule has 0 saturated heterocycles. The second kappa shape index (κ2) is 8.06. The summed E-state index contributed by atoms with van der Waals surface area (Å²) in [5.41, 5.74) is 2.42. The third-order valence-electron chi connectivity index (χ3n) is 4.41. The van der Waals surface area contributed by atoms with Gasteiger partial charge in [-0.3, -0.25) is 4.68 Å². The van der Waals surface area contributed by atoms with Crippen molar-refractivity contribution in [3.05, 3.63) is 30.0 Å². The molecule has 1 N–H and O–H groups in total. The van der Waals surface area contributed by atoms with E-state index in [4.69, 9.17) is 10.00 Å². The van der Waals surface area contributed by atoms with Gasteiger partial charge in [0.15, 0.2) is 0 Å². The Morgan fingerprint density at radius 3 is 2.68 bits per heavy atom. The van der Waals surface area contributed by atoms with E-state index in [0.29, 0.717) is 6.61 Å². The van der Waals surface area contributed by atoms with E-state index in [2.05, 4.69) is 18.1 Å². The Morgan fingerprint density at radius 2 is 2.08 bits per heavy atom. The fourth-order valence-electron chi connectivity index (χ4n) is 2.77. The molecule has 5 heteroatoms. The number of phenolic OH excluding ortho intramolecular Hbond substituents is 1. The standard InChI is InChI=1S/C20H27N3O2/c1-5-15-12-16(17-8-10-22-23(17)4)18(24)13-19(15)25-11-7-6-9-20(2,3)14-21/h8,10,12-13,24H,5-7,9,11H2,1-4H3. The summed E-state index contributed by atoms with van der Waals surface area (Å²) in [5, 5.41) is 23.6. The maximum Gasteiger partial charge on any atom is 0.128 e. The molecule has 1 heterocycles. The Labute approximate surface area is 149 Å². The molecule has 1 aromatic heterocycles. The number of benzene rings is 1. The number of hydrogen-bond donors (Lipinski definition) is 1. The fraction of sp³-hybridized carbons (Fsp3) is 0.500. The highest BCUT2D eigenvalue weighted by atomic mass is 16.5. The van der Waals surface area contributed by atoms with Gasteiger partial charge in [-0.1, -0.05) is 6.92 Å². The number of aromatic hydroxyl groups is 1. The van der Waals surface area contributed by atoms with Crippen molar-refractivity contribution in [1.29, 1.82) is 5.26 Å². The van der Waals surface area contributed by atoms with Crippen LogP contribution < -0.4 is 4.74 Å². The molecule has 0 aliphatic heterocycles. The van der Waals surface area contributed by atoms with Crippen LogP contribution in [0.4, 0.5) is 0 Å². The van der Waals surface area contributed by atoms with Gasteiger partial charge in [0.05, 0.1) is 23.8 Å². The summed E-state index contributed by atoms with van der Waals surface area (Å²) < 4.78 is 7.64. The van der Waals surface area contributed by atoms with Gasteiger partial charge in [0.2, 0.25) is 0 Å². The van der Waals surface area contributed by atoms with Crippen molar-refractivity contribution in [1.82, 2.24) is 9.78 Å². The van der Waals surface area contributed by atoms with E-state index < -0.39 is 0 Å². The molecule has 0 aliphatic carbocycles. The number of aromatic nitrogens is 2. The van der Waals surface area contributed by atoms with Gasteiger partial charge < -0.3 is 9.84 Å². The minimum absolute atomic E-state index is 0.196. The third kappa shape index (κ3) is 4.76. The highest BCUT2D eigenvalue weighted by Gasteiger charge is 2.16. The van der Waals surface area contributed by atoms with Gasteiger partial charge >= 0.3 is 0 Å². The van der Waals surface area contributed by atoms with Gasteiger partial charge in [-0.25, -0.2) is 0 Å². The van der Waals surface area contributed by atoms with Gasteiger partial charge in [0.1, 0.15) is 11.5 Å². The molecule has 0 unspecified atom stereocenters. The number of aryl methyl sites for hydroxylation is 2. The lowest BCUT2D eigenvalue weighted by Crippen LogP contribution is -2.08. The molecular weight excluding hydrogens is 314 g/mol. The summed E-state index contributed by atoms with van der Waals surface area (Å²) in [6.07, 6.45) is 5.23. The fourth-order valence-corrected chi connectivity index (χ4v) is 2.77. The summed E-state index contributed by atoms with van der Waals surface area (Å²) in [6, 6.07) is 7.87. The predicted molar refractivity (Wildman–Crippen MR) is 98.4 cm³/mol. The molecular formula is C20H27N3O2. The minimum atomic E-state index is -0.280. The van der Waals surface area contributed by atoms with Crippen molar-refractivity contribution in [2.24, 2.45) is 12.5 Å². The lowest BCUT2D eigenvalue weighted by Gasteiger charge is -2.16. The molecule has 25 heavy (non-hydrogen) atoms. The lowest BCUT2D eigenvalue weighted by atomic mass is 9.89. The Morgan fingerprint density at radius 1 is 1.32 bits per heavy atom. The van der Waals surface area contributed by atoms with E-state index in [9.17, 15) is 5.11 Å². The van der Waals surface area contributed by atoms with Crippen LogP contribution in [0.2, 0.25) is 0 Å². The monoisotopic (exact) mass is 341 g/mol. The van der Waals surface area contributed by atoms with E-state index in [-0.39, 0.29) is 11.2 Å². The second-order valence-corrected chi connectivity index (χ2v) is 6.97. The zero-order valence-corrected chi connectivity index (χ0v) is 15.5. The largest absolute Gasteiger partial charge is 0.507 e. The molecule has 2 aromatic rings. The van der Waals surface area contributed by atoms with Crippen LogP contribution >= 0.6 is 0 Å². The van der Waals surface area contributed by atoms with Gasteiger partial charge in [-0.2, -0.15) is 10.4 Å². The molecule has 0 spiro atoms. The molecule has 0 fully saturated rings. The highest BCUT2D eigenvalue weighted by molar-refractivity contribution is 5.70. The maximum atomic E-state index is 10.4. The molecule has 0 bridgehead atoms. The van der Waals surface area contributed by atoms with E-state index >= 15 is 0 Å². The molecule has 5 nitrogen and oxygen atoms in total. The van der Waals surface area contributed by atoms with Crippen LogP contribution in [0.1, 0.15) is 45.6 Å². The van der Waals surface area contributed by atoms with Crippen LogP contribution in [-0.2, 0) is 13.5 Å². The molecule has 0 saturated carbocycles. The van der Waals surface area contributed by atoms with Crippen molar-refractivity contribution >= 4 is 0 Å². The summed E-state index contributed by atoms with van der Waals surface area (Å²) in [7, 11) is 1.85. The molecule has 0 radical (unpaired) electrons. The summed E-state index contributed by atoms with van der Waals surface area (Å²) in [5.74, 6) is 0.923. The lowest BCUT2D eigenvalue weighted by molar-refractivity contribution is 0.291. The zero-order valence-electron chi connectivity index (χ0n) is 15.5. The van der Waals surface area contributed by atoms with Crippen LogP contribution in [0.3, 0.4) is 0 Å². The Kier molecular flexibility index (Phi) is 6.08. The molecule has 2 rings (SSSR count). The van der Waals surface area contributed by atoms with Crippen LogP contribution in [0.25, 0.3) is 11.3 Å². The topological polar surface area (TPSA) is 71.1 Å². The number of ether oxygens (including phenoxy) is 1.